The van der Waals surface area contributed by atoms with Gasteiger partial charge in [0.25, 0.3) is 0 Å². The summed E-state index contributed by atoms with van der Waals surface area (Å²) in [6.07, 6.45) is 2.46. The Morgan fingerprint density at radius 3 is 2.47 bits per heavy atom. The molecule has 112 valence electrons. The molecule has 1 rings (SSSR count). The first-order valence-corrected chi connectivity index (χ1v) is 8.28. The van der Waals surface area contributed by atoms with Crippen molar-refractivity contribution in [1.82, 2.24) is 5.32 Å². The lowest BCUT2D eigenvalue weighted by Crippen LogP contribution is -2.45. The van der Waals surface area contributed by atoms with E-state index >= 15 is 0 Å². The summed E-state index contributed by atoms with van der Waals surface area (Å²) in [6.45, 7) is 10.4. The molecule has 0 radical (unpaired) electrons. The van der Waals surface area contributed by atoms with E-state index in [1.54, 1.807) is 11.8 Å². The van der Waals surface area contributed by atoms with Crippen molar-refractivity contribution in [2.75, 3.05) is 12.8 Å². The topological polar surface area (TPSA) is 38.3 Å². The van der Waals surface area contributed by atoms with E-state index in [1.165, 1.54) is 12.8 Å². The van der Waals surface area contributed by atoms with Gasteiger partial charge in [-0.15, -0.1) is 11.8 Å². The Labute approximate surface area is 122 Å². The van der Waals surface area contributed by atoms with Gasteiger partial charge in [0.1, 0.15) is 5.60 Å². The highest BCUT2D eigenvalue weighted by molar-refractivity contribution is 8.00. The van der Waals surface area contributed by atoms with Gasteiger partial charge in [-0.2, -0.15) is 0 Å². The van der Waals surface area contributed by atoms with Gasteiger partial charge in [-0.1, -0.05) is 13.8 Å². The first kappa shape index (κ1) is 16.8. The van der Waals surface area contributed by atoms with Crippen molar-refractivity contribution in [3.05, 3.63) is 0 Å². The van der Waals surface area contributed by atoms with Crippen LogP contribution in [0.4, 0.5) is 0 Å². The third-order valence-corrected chi connectivity index (χ3v) is 5.15. The lowest BCUT2D eigenvalue weighted by atomic mass is 9.80. The molecule has 0 aromatic heterocycles. The highest BCUT2D eigenvalue weighted by atomic mass is 32.2. The Hall–Kier alpha value is -0.220. The number of carbonyl (C=O) groups is 1. The summed E-state index contributed by atoms with van der Waals surface area (Å²) in [6, 6.07) is 0.506. The van der Waals surface area contributed by atoms with Crippen LogP contribution in [0, 0.1) is 11.8 Å². The summed E-state index contributed by atoms with van der Waals surface area (Å²) in [5.41, 5.74) is -0.382. The maximum absolute atomic E-state index is 11.8. The third-order valence-electron chi connectivity index (χ3n) is 3.57. The standard InChI is InChI=1S/C15H29NO2S/c1-10-7-11(2)14(12(8-10)16-6)19-9-13(17)18-15(3,4)5/h10-12,14,16H,7-9H2,1-6H3. The minimum atomic E-state index is -0.382. The highest BCUT2D eigenvalue weighted by Crippen LogP contribution is 2.36. The fraction of sp³-hybridized carbons (Fsp3) is 0.933. The SMILES string of the molecule is CNC1CC(C)CC(C)C1SCC(=O)OC(C)(C)C. The van der Waals surface area contributed by atoms with Crippen LogP contribution in [0.1, 0.15) is 47.5 Å². The van der Waals surface area contributed by atoms with Crippen LogP contribution < -0.4 is 5.32 Å². The Morgan fingerprint density at radius 2 is 1.95 bits per heavy atom. The van der Waals surface area contributed by atoms with Gasteiger partial charge in [0, 0.05) is 11.3 Å². The van der Waals surface area contributed by atoms with Crippen molar-refractivity contribution >= 4 is 17.7 Å². The normalized spacial score (nSPS) is 32.1. The van der Waals surface area contributed by atoms with Crippen LogP contribution in [0.15, 0.2) is 0 Å². The zero-order valence-electron chi connectivity index (χ0n) is 13.2. The number of hydrogen-bond donors (Lipinski definition) is 1. The molecule has 3 nitrogen and oxygen atoms in total. The van der Waals surface area contributed by atoms with Crippen LogP contribution in [-0.2, 0) is 9.53 Å². The molecule has 0 saturated heterocycles. The predicted molar refractivity (Wildman–Crippen MR) is 82.5 cm³/mol. The number of ether oxygens (including phenoxy) is 1. The fourth-order valence-corrected chi connectivity index (χ4v) is 4.23. The molecule has 4 atom stereocenters. The molecule has 1 saturated carbocycles. The zero-order chi connectivity index (χ0) is 14.6. The number of hydrogen-bond acceptors (Lipinski definition) is 4. The molecule has 1 N–H and O–H groups in total. The van der Waals surface area contributed by atoms with E-state index < -0.39 is 0 Å². The first-order valence-electron chi connectivity index (χ1n) is 7.23. The number of rotatable bonds is 4. The molecule has 0 aliphatic heterocycles. The molecule has 1 fully saturated rings. The van der Waals surface area contributed by atoms with E-state index in [0.717, 1.165) is 5.92 Å². The molecule has 1 aliphatic rings. The average Bonchev–Trinajstić information content (AvgIpc) is 2.24. The smallest absolute Gasteiger partial charge is 0.316 e. The van der Waals surface area contributed by atoms with Crippen molar-refractivity contribution in [3.63, 3.8) is 0 Å². The van der Waals surface area contributed by atoms with Crippen molar-refractivity contribution < 1.29 is 9.53 Å². The van der Waals surface area contributed by atoms with Gasteiger partial charge in [-0.05, 0) is 52.5 Å². The molecule has 0 aromatic carbocycles. The van der Waals surface area contributed by atoms with Crippen molar-refractivity contribution in [3.8, 4) is 0 Å². The Kier molecular flexibility index (Phi) is 6.18. The van der Waals surface area contributed by atoms with Crippen LogP contribution in [0.25, 0.3) is 0 Å². The average molecular weight is 287 g/mol. The van der Waals surface area contributed by atoms with Gasteiger partial charge < -0.3 is 10.1 Å². The summed E-state index contributed by atoms with van der Waals surface area (Å²) >= 11 is 1.75. The van der Waals surface area contributed by atoms with E-state index in [0.29, 0.717) is 23.0 Å². The van der Waals surface area contributed by atoms with Gasteiger partial charge in [0.05, 0.1) is 5.75 Å². The zero-order valence-corrected chi connectivity index (χ0v) is 14.0. The molecular formula is C15H29NO2S. The van der Waals surface area contributed by atoms with E-state index in [4.69, 9.17) is 4.74 Å². The Bertz CT molecular complexity index is 301. The third kappa shape index (κ3) is 5.74. The van der Waals surface area contributed by atoms with Crippen LogP contribution >= 0.6 is 11.8 Å². The largest absolute Gasteiger partial charge is 0.459 e. The van der Waals surface area contributed by atoms with Crippen LogP contribution in [0.3, 0.4) is 0 Å². The maximum atomic E-state index is 11.8. The van der Waals surface area contributed by atoms with Gasteiger partial charge in [0.15, 0.2) is 0 Å². The summed E-state index contributed by atoms with van der Waals surface area (Å²) in [4.78, 5) is 11.8. The van der Waals surface area contributed by atoms with Crippen LogP contribution in [0.5, 0.6) is 0 Å². The van der Waals surface area contributed by atoms with E-state index in [1.807, 2.05) is 27.8 Å². The molecular weight excluding hydrogens is 258 g/mol. The molecule has 0 aromatic rings. The summed E-state index contributed by atoms with van der Waals surface area (Å²) in [5, 5.41) is 3.92. The molecule has 0 spiro atoms. The Balaban J connectivity index is 2.48. The number of nitrogens with one attached hydrogen (secondary N) is 1. The van der Waals surface area contributed by atoms with Crippen molar-refractivity contribution in [2.24, 2.45) is 11.8 Å². The molecule has 4 heteroatoms. The molecule has 4 unspecified atom stereocenters. The fourth-order valence-electron chi connectivity index (χ4n) is 2.93. The minimum Gasteiger partial charge on any atom is -0.459 e. The number of carbonyl (C=O) groups excluding carboxylic acids is 1. The summed E-state index contributed by atoms with van der Waals surface area (Å²) < 4.78 is 5.37. The predicted octanol–water partition coefficient (Wildman–Crippen LogP) is 3.08. The molecule has 19 heavy (non-hydrogen) atoms. The second-order valence-corrected chi connectivity index (χ2v) is 7.98. The van der Waals surface area contributed by atoms with Crippen molar-refractivity contribution in [1.29, 1.82) is 0 Å². The van der Waals surface area contributed by atoms with Gasteiger partial charge in [0.2, 0.25) is 0 Å². The van der Waals surface area contributed by atoms with Crippen LogP contribution in [0.2, 0.25) is 0 Å². The lowest BCUT2D eigenvalue weighted by Gasteiger charge is -2.39. The molecule has 1 aliphatic carbocycles. The lowest BCUT2D eigenvalue weighted by molar-refractivity contribution is -0.151. The molecule has 0 heterocycles. The van der Waals surface area contributed by atoms with Gasteiger partial charge >= 0.3 is 5.97 Å². The summed E-state index contributed by atoms with van der Waals surface area (Å²) in [5.74, 6) is 1.77. The first-order chi connectivity index (χ1) is 8.73. The second kappa shape index (κ2) is 6.98. The number of thioether (sulfide) groups is 1. The van der Waals surface area contributed by atoms with Gasteiger partial charge in [-0.25, -0.2) is 0 Å². The molecule has 0 amide bonds. The van der Waals surface area contributed by atoms with Crippen molar-refractivity contribution in [2.45, 2.75) is 64.4 Å². The van der Waals surface area contributed by atoms with E-state index in [2.05, 4.69) is 19.2 Å². The highest BCUT2D eigenvalue weighted by Gasteiger charge is 2.34. The minimum absolute atomic E-state index is 0.0989. The van der Waals surface area contributed by atoms with Gasteiger partial charge in [-0.3, -0.25) is 4.79 Å². The quantitative estimate of drug-likeness (QED) is 0.807. The number of esters is 1. The maximum Gasteiger partial charge on any atom is 0.316 e. The van der Waals surface area contributed by atoms with E-state index in [9.17, 15) is 4.79 Å². The Morgan fingerprint density at radius 1 is 1.32 bits per heavy atom. The van der Waals surface area contributed by atoms with Crippen LogP contribution in [-0.4, -0.2) is 35.7 Å². The monoisotopic (exact) mass is 287 g/mol. The van der Waals surface area contributed by atoms with E-state index in [-0.39, 0.29) is 11.6 Å². The second-order valence-electron chi connectivity index (χ2n) is 6.81. The summed E-state index contributed by atoms with van der Waals surface area (Å²) in [7, 11) is 2.02. The molecule has 0 bridgehead atoms.